The molecule has 0 aliphatic carbocycles. The summed E-state index contributed by atoms with van der Waals surface area (Å²) in [5, 5.41) is 20.3. The number of H-pyrrole nitrogens is 2. The molecule has 1 fully saturated rings. The number of aromatic amines is 2. The minimum atomic E-state index is -5.75. The average molecular weight is 596 g/mol. The van der Waals surface area contributed by atoms with E-state index in [-0.39, 0.29) is 99.8 Å². The van der Waals surface area contributed by atoms with Gasteiger partial charge >= 0.3 is 118 Å². The summed E-state index contributed by atoms with van der Waals surface area (Å²) >= 11 is 0. The Morgan fingerprint density at radius 1 is 0.971 bits per heavy atom. The quantitative estimate of drug-likeness (QED) is 0.105. The van der Waals surface area contributed by atoms with E-state index in [0.717, 1.165) is 10.9 Å². The molecule has 1 aliphatic heterocycles. The Morgan fingerprint density at radius 3 is 2.14 bits per heavy atom. The van der Waals surface area contributed by atoms with Crippen LogP contribution in [0.4, 0.5) is 0 Å². The van der Waals surface area contributed by atoms with E-state index >= 15 is 0 Å². The molecule has 3 heterocycles. The molecule has 6 atom stereocenters. The summed E-state index contributed by atoms with van der Waals surface area (Å²) < 4.78 is 51.4. The first kappa shape index (κ1) is 36.4. The number of hydrogen-bond donors (Lipinski definition) is 8. The fraction of sp³-hybridized carbons (Fsp3) is 0.500. The topological polar surface area (TPSA) is 293 Å². The number of phosphoric ester groups is 1. The SMILES string of the molecule is O=c1[nH]c(=O)c2ncn([C@@H]3O[C@H](COP(=O)(O)OP(=O)(O)OP(=O)(O)O)[C@@H](O)[C@H]3O)c2[nH]1.[NaH].[NaH].[NaH]. The number of phosphoric acid groups is 3. The first-order valence-electron chi connectivity index (χ1n) is 8.08. The summed E-state index contributed by atoms with van der Waals surface area (Å²) in [7, 11) is -16.8. The number of nitrogens with zero attached hydrogens (tertiary/aromatic N) is 2. The maximum atomic E-state index is 11.8. The van der Waals surface area contributed by atoms with Crippen molar-refractivity contribution in [2.24, 2.45) is 0 Å². The molecular formula is C10H18N4Na3O15P3. The summed E-state index contributed by atoms with van der Waals surface area (Å²) in [5.41, 5.74) is -2.16. The molecule has 25 heteroatoms. The van der Waals surface area contributed by atoms with Gasteiger partial charge in [0.15, 0.2) is 11.7 Å². The van der Waals surface area contributed by atoms with E-state index < -0.39 is 65.9 Å². The van der Waals surface area contributed by atoms with E-state index in [0.29, 0.717) is 0 Å². The van der Waals surface area contributed by atoms with Crippen LogP contribution in [0.25, 0.3) is 11.2 Å². The van der Waals surface area contributed by atoms with Crippen LogP contribution in [0.5, 0.6) is 0 Å². The van der Waals surface area contributed by atoms with E-state index in [1.165, 1.54) is 0 Å². The molecule has 1 saturated heterocycles. The van der Waals surface area contributed by atoms with E-state index in [1.807, 2.05) is 4.98 Å². The molecule has 2 unspecified atom stereocenters. The molecule has 19 nitrogen and oxygen atoms in total. The third-order valence-corrected chi connectivity index (χ3v) is 7.70. The second-order valence-corrected chi connectivity index (χ2v) is 10.6. The first-order chi connectivity index (χ1) is 14.6. The van der Waals surface area contributed by atoms with Gasteiger partial charge < -0.3 is 34.5 Å². The number of fused-ring (bicyclic) bond motifs is 1. The Hall–Kier alpha value is 1.44. The number of nitrogens with one attached hydrogen (secondary N) is 2. The molecule has 3 rings (SSSR count). The van der Waals surface area contributed by atoms with E-state index in [9.17, 15) is 38.4 Å². The predicted octanol–water partition coefficient (Wildman–Crippen LogP) is -4.57. The third-order valence-electron chi connectivity index (χ3n) is 3.90. The molecule has 186 valence electrons. The second kappa shape index (κ2) is 13.7. The van der Waals surface area contributed by atoms with Crippen LogP contribution < -0.4 is 11.2 Å². The maximum absolute atomic E-state index is 11.8. The van der Waals surface area contributed by atoms with Crippen molar-refractivity contribution in [3.05, 3.63) is 27.2 Å². The fourth-order valence-electron chi connectivity index (χ4n) is 2.71. The Morgan fingerprint density at radius 2 is 1.57 bits per heavy atom. The summed E-state index contributed by atoms with van der Waals surface area (Å²) in [4.78, 5) is 66.7. The Labute approximate surface area is 259 Å². The molecule has 8 N–H and O–H groups in total. The average Bonchev–Trinajstić information content (AvgIpc) is 3.12. The number of rotatable bonds is 8. The van der Waals surface area contributed by atoms with Crippen molar-refractivity contribution in [3.63, 3.8) is 0 Å². The molecule has 0 amide bonds. The number of aromatic nitrogens is 4. The van der Waals surface area contributed by atoms with Crippen LogP contribution >= 0.6 is 23.5 Å². The summed E-state index contributed by atoms with van der Waals surface area (Å²) in [6.07, 6.45) is -5.54. The summed E-state index contributed by atoms with van der Waals surface area (Å²) in [6, 6.07) is 0. The molecule has 2 aromatic heterocycles. The normalized spacial score (nSPS) is 25.5. The van der Waals surface area contributed by atoms with Gasteiger partial charge in [0, 0.05) is 0 Å². The molecular weight excluding hydrogens is 578 g/mol. The number of aliphatic hydroxyl groups is 2. The zero-order valence-electron chi connectivity index (χ0n) is 15.2. The van der Waals surface area contributed by atoms with Crippen LogP contribution in [-0.4, -0.2) is 163 Å². The summed E-state index contributed by atoms with van der Waals surface area (Å²) in [5.74, 6) is 0. The van der Waals surface area contributed by atoms with Crippen LogP contribution in [0, 0.1) is 0 Å². The Balaban J connectivity index is 0.00000385. The molecule has 1 aliphatic rings. The minimum absolute atomic E-state index is 0. The second-order valence-electron chi connectivity index (χ2n) is 6.19. The van der Waals surface area contributed by atoms with Gasteiger partial charge in [-0.15, -0.1) is 0 Å². The van der Waals surface area contributed by atoms with Gasteiger partial charge in [-0.2, -0.15) is 8.62 Å². The van der Waals surface area contributed by atoms with Gasteiger partial charge in [-0.3, -0.25) is 23.9 Å². The van der Waals surface area contributed by atoms with Crippen LogP contribution in [0.3, 0.4) is 0 Å². The van der Waals surface area contributed by atoms with E-state index in [2.05, 4.69) is 23.1 Å². The molecule has 0 saturated carbocycles. The van der Waals surface area contributed by atoms with Gasteiger partial charge in [-0.1, -0.05) is 0 Å². The summed E-state index contributed by atoms with van der Waals surface area (Å²) in [6.45, 7) is -1.04. The fourth-order valence-corrected chi connectivity index (χ4v) is 5.74. The van der Waals surface area contributed by atoms with Crippen molar-refractivity contribution in [2.45, 2.75) is 24.5 Å². The molecule has 0 radical (unpaired) electrons. The molecule has 0 aromatic carbocycles. The third kappa shape index (κ3) is 9.54. The standard InChI is InChI=1S/C10H15N4O15P3.3Na.3H/c15-5-3(1-26-31(22,23)29-32(24,25)28-30(19,20)21)27-9(6(5)16)14-2-11-4-7(14)12-10(18)13-8(4)17;;;;;;/h2-3,5-6,9,15-16H,1H2,(H,22,23)(H,24,25)(H2,19,20,21)(H2,12,13,17,18);;;;;;/t3-,5-,6-,9-;;;;;;/m1....../s1. The van der Waals surface area contributed by atoms with Crippen LogP contribution in [-0.2, 0) is 31.6 Å². The Bertz CT molecular complexity index is 1280. The zero-order chi connectivity index (χ0) is 24.1. The Kier molecular flexibility index (Phi) is 14.2. The van der Waals surface area contributed by atoms with E-state index in [4.69, 9.17) is 19.4 Å². The number of aliphatic hydroxyl groups excluding tert-OH is 2. The van der Waals surface area contributed by atoms with Gasteiger partial charge in [0.05, 0.1) is 12.9 Å². The number of imidazole rings is 1. The van der Waals surface area contributed by atoms with Crippen molar-refractivity contribution >= 4 is 123 Å². The van der Waals surface area contributed by atoms with Gasteiger partial charge in [0.2, 0.25) is 0 Å². The number of hydrogen-bond acceptors (Lipinski definition) is 12. The molecule has 35 heavy (non-hydrogen) atoms. The first-order valence-corrected chi connectivity index (χ1v) is 12.6. The monoisotopic (exact) mass is 596 g/mol. The van der Waals surface area contributed by atoms with Gasteiger partial charge in [0.25, 0.3) is 5.56 Å². The van der Waals surface area contributed by atoms with Crippen molar-refractivity contribution in [3.8, 4) is 0 Å². The molecule has 2 aromatic rings. The van der Waals surface area contributed by atoms with Crippen molar-refractivity contribution in [1.29, 1.82) is 0 Å². The van der Waals surface area contributed by atoms with Gasteiger partial charge in [-0.25, -0.2) is 23.5 Å². The number of ether oxygens (including phenoxy) is 1. The van der Waals surface area contributed by atoms with Gasteiger partial charge in [-0.05, 0) is 0 Å². The van der Waals surface area contributed by atoms with Gasteiger partial charge in [0.1, 0.15) is 24.0 Å². The van der Waals surface area contributed by atoms with Crippen molar-refractivity contribution in [2.75, 3.05) is 6.61 Å². The van der Waals surface area contributed by atoms with Crippen LogP contribution in [0.2, 0.25) is 0 Å². The van der Waals surface area contributed by atoms with Crippen molar-refractivity contribution in [1.82, 2.24) is 19.5 Å². The predicted molar refractivity (Wildman–Crippen MR) is 118 cm³/mol. The van der Waals surface area contributed by atoms with Crippen LogP contribution in [0.1, 0.15) is 6.23 Å². The van der Waals surface area contributed by atoms with Crippen LogP contribution in [0.15, 0.2) is 15.9 Å². The molecule has 0 bridgehead atoms. The zero-order valence-corrected chi connectivity index (χ0v) is 17.9. The molecule has 0 spiro atoms. The van der Waals surface area contributed by atoms with Crippen molar-refractivity contribution < 1.29 is 61.4 Å². The van der Waals surface area contributed by atoms with E-state index in [1.54, 1.807) is 0 Å².